The van der Waals surface area contributed by atoms with Gasteiger partial charge in [-0.05, 0) is 23.9 Å². The van der Waals surface area contributed by atoms with Crippen molar-refractivity contribution in [3.8, 4) is 5.88 Å². The van der Waals surface area contributed by atoms with Crippen LogP contribution in [0, 0.1) is 5.92 Å². The molecule has 1 aromatic rings. The van der Waals surface area contributed by atoms with Crippen LogP contribution < -0.4 is 4.74 Å². The second-order valence-electron chi connectivity index (χ2n) is 5.45. The van der Waals surface area contributed by atoms with E-state index in [2.05, 4.69) is 5.16 Å². The summed E-state index contributed by atoms with van der Waals surface area (Å²) in [6, 6.07) is 1.55. The molecule has 0 aliphatic carbocycles. The van der Waals surface area contributed by atoms with Crippen molar-refractivity contribution in [3.63, 3.8) is 0 Å². The van der Waals surface area contributed by atoms with Crippen molar-refractivity contribution in [2.75, 3.05) is 6.61 Å². The number of aromatic nitrogens is 1. The monoisotopic (exact) mass is 311 g/mol. The first kappa shape index (κ1) is 16.2. The van der Waals surface area contributed by atoms with Gasteiger partial charge in [0.1, 0.15) is 18.4 Å². The fourth-order valence-corrected chi connectivity index (χ4v) is 2.22. The maximum Gasteiger partial charge on any atom is 0.314 e. The number of carboxylic acids is 1. The number of hydrogen-bond donors (Lipinski definition) is 1. The number of unbranched alkanes of at least 4 members (excludes halogenated alkanes) is 1. The number of hydrogen-bond acceptors (Lipinski definition) is 6. The topological polar surface area (TPSA) is 91.0 Å². The van der Waals surface area contributed by atoms with Crippen molar-refractivity contribution in [1.29, 1.82) is 0 Å². The number of rotatable bonds is 9. The lowest BCUT2D eigenvalue weighted by Crippen LogP contribution is -2.16. The molecule has 0 saturated heterocycles. The van der Waals surface area contributed by atoms with Gasteiger partial charge >= 0.3 is 5.97 Å². The number of ether oxygens (including phenoxy) is 3. The quantitative estimate of drug-likeness (QED) is 0.701. The Balaban J connectivity index is 1.71. The molecule has 0 aromatic carbocycles. The van der Waals surface area contributed by atoms with E-state index < -0.39 is 11.9 Å². The Bertz CT molecular complexity index is 502. The summed E-state index contributed by atoms with van der Waals surface area (Å²) in [5, 5.41) is 13.0. The van der Waals surface area contributed by atoms with Crippen molar-refractivity contribution < 1.29 is 28.6 Å². The van der Waals surface area contributed by atoms with E-state index in [1.165, 1.54) is 12.5 Å². The minimum atomic E-state index is -0.928. The highest BCUT2D eigenvalue weighted by Crippen LogP contribution is 2.27. The van der Waals surface area contributed by atoms with Gasteiger partial charge in [-0.3, -0.25) is 4.79 Å². The van der Waals surface area contributed by atoms with Crippen LogP contribution in [0.2, 0.25) is 0 Å². The summed E-state index contributed by atoms with van der Waals surface area (Å²) >= 11 is 0. The van der Waals surface area contributed by atoms with Crippen LogP contribution >= 0.6 is 0 Å². The summed E-state index contributed by atoms with van der Waals surface area (Å²) in [6.07, 6.45) is 5.37. The van der Waals surface area contributed by atoms with Crippen LogP contribution in [0.5, 0.6) is 5.88 Å². The summed E-state index contributed by atoms with van der Waals surface area (Å²) in [7, 11) is 0. The Hall–Kier alpha value is -2.18. The average Bonchev–Trinajstić information content (AvgIpc) is 3.09. The Morgan fingerprint density at radius 3 is 2.73 bits per heavy atom. The number of carbonyl (C=O) groups is 1. The molecule has 0 spiro atoms. The predicted molar refractivity (Wildman–Crippen MR) is 76.2 cm³/mol. The van der Waals surface area contributed by atoms with Crippen molar-refractivity contribution in [1.82, 2.24) is 5.16 Å². The summed E-state index contributed by atoms with van der Waals surface area (Å²) in [5.41, 5.74) is 0. The van der Waals surface area contributed by atoms with E-state index in [9.17, 15) is 9.90 Å². The molecule has 1 aromatic heterocycles. The molecule has 1 aliphatic rings. The SMILES string of the molecule is CC(C)C(C(=O)O)c1cc(OCCCCC2OC=CO2)no1. The standard InChI is InChI=1S/C15H21NO6/c1-10(2)14(15(17)18)11-9-12(16-22-11)19-6-4-3-5-13-20-7-8-21-13/h7-10,13-14H,3-6H2,1-2H3,(H,17,18). The van der Waals surface area contributed by atoms with E-state index in [0.717, 1.165) is 19.3 Å². The molecule has 1 N–H and O–H groups in total. The van der Waals surface area contributed by atoms with Gasteiger partial charge in [0.15, 0.2) is 5.76 Å². The number of nitrogens with zero attached hydrogens (tertiary/aromatic N) is 1. The van der Waals surface area contributed by atoms with Gasteiger partial charge in [0.2, 0.25) is 6.29 Å². The summed E-state index contributed by atoms with van der Waals surface area (Å²) in [6.45, 7) is 4.12. The largest absolute Gasteiger partial charge is 0.481 e. The zero-order chi connectivity index (χ0) is 15.9. The summed E-state index contributed by atoms with van der Waals surface area (Å²) in [4.78, 5) is 11.2. The van der Waals surface area contributed by atoms with Gasteiger partial charge in [-0.15, -0.1) is 0 Å². The van der Waals surface area contributed by atoms with Gasteiger partial charge in [0, 0.05) is 12.5 Å². The first-order valence-electron chi connectivity index (χ1n) is 7.36. The molecule has 7 nitrogen and oxygen atoms in total. The van der Waals surface area contributed by atoms with Crippen LogP contribution in [0.3, 0.4) is 0 Å². The van der Waals surface area contributed by atoms with E-state index in [4.69, 9.17) is 18.7 Å². The lowest BCUT2D eigenvalue weighted by molar-refractivity contribution is -0.140. The minimum Gasteiger partial charge on any atom is -0.481 e. The molecule has 2 rings (SSSR count). The van der Waals surface area contributed by atoms with E-state index in [1.807, 2.05) is 13.8 Å². The smallest absolute Gasteiger partial charge is 0.314 e. The third-order valence-electron chi connectivity index (χ3n) is 3.35. The number of carboxylic acid groups (broad SMARTS) is 1. The Morgan fingerprint density at radius 1 is 1.36 bits per heavy atom. The molecule has 1 atom stereocenters. The lowest BCUT2D eigenvalue weighted by atomic mass is 9.94. The molecular weight excluding hydrogens is 290 g/mol. The molecule has 1 unspecified atom stereocenters. The molecule has 1 aliphatic heterocycles. The van der Waals surface area contributed by atoms with Gasteiger partial charge in [-0.25, -0.2) is 0 Å². The molecule has 0 amide bonds. The van der Waals surface area contributed by atoms with Crippen molar-refractivity contribution >= 4 is 5.97 Å². The zero-order valence-corrected chi connectivity index (χ0v) is 12.7. The third-order valence-corrected chi connectivity index (χ3v) is 3.35. The summed E-state index contributed by atoms with van der Waals surface area (Å²) < 4.78 is 20.9. The van der Waals surface area contributed by atoms with Crippen molar-refractivity contribution in [2.45, 2.75) is 45.3 Å². The van der Waals surface area contributed by atoms with Crippen LogP contribution in [0.1, 0.15) is 44.8 Å². The van der Waals surface area contributed by atoms with Gasteiger partial charge in [0.25, 0.3) is 5.88 Å². The molecule has 2 heterocycles. The summed E-state index contributed by atoms with van der Waals surface area (Å²) in [5.74, 6) is -1.09. The first-order chi connectivity index (χ1) is 10.6. The van der Waals surface area contributed by atoms with Gasteiger partial charge < -0.3 is 23.8 Å². The zero-order valence-electron chi connectivity index (χ0n) is 12.7. The fraction of sp³-hybridized carbons (Fsp3) is 0.600. The van der Waals surface area contributed by atoms with Crippen LogP contribution in [0.15, 0.2) is 23.1 Å². The van der Waals surface area contributed by atoms with Crippen LogP contribution in [0.25, 0.3) is 0 Å². The maximum absolute atomic E-state index is 11.2. The molecule has 0 bridgehead atoms. The van der Waals surface area contributed by atoms with Crippen LogP contribution in [-0.2, 0) is 14.3 Å². The Kier molecular flexibility index (Phi) is 5.68. The molecule has 7 heteroatoms. The number of aliphatic carboxylic acids is 1. The van der Waals surface area contributed by atoms with E-state index in [0.29, 0.717) is 18.2 Å². The second-order valence-corrected chi connectivity index (χ2v) is 5.45. The van der Waals surface area contributed by atoms with E-state index in [-0.39, 0.29) is 12.2 Å². The normalized spacial score (nSPS) is 15.6. The molecular formula is C15H21NO6. The van der Waals surface area contributed by atoms with Crippen molar-refractivity contribution in [2.24, 2.45) is 5.92 Å². The Labute approximate surface area is 128 Å². The maximum atomic E-state index is 11.2. The lowest BCUT2D eigenvalue weighted by Gasteiger charge is -2.11. The molecule has 0 saturated carbocycles. The van der Waals surface area contributed by atoms with Gasteiger partial charge in [-0.2, -0.15) is 0 Å². The highest BCUT2D eigenvalue weighted by atomic mass is 16.7. The molecule has 22 heavy (non-hydrogen) atoms. The molecule has 0 fully saturated rings. The second kappa shape index (κ2) is 7.72. The minimum absolute atomic E-state index is 0.0849. The average molecular weight is 311 g/mol. The molecule has 122 valence electrons. The predicted octanol–water partition coefficient (Wildman–Crippen LogP) is 2.89. The first-order valence-corrected chi connectivity index (χ1v) is 7.36. The third kappa shape index (κ3) is 4.41. The van der Waals surface area contributed by atoms with Gasteiger partial charge in [-0.1, -0.05) is 13.8 Å². The highest BCUT2D eigenvalue weighted by Gasteiger charge is 2.28. The van der Waals surface area contributed by atoms with Gasteiger partial charge in [0.05, 0.1) is 6.61 Å². The highest BCUT2D eigenvalue weighted by molar-refractivity contribution is 5.75. The molecule has 0 radical (unpaired) electrons. The fourth-order valence-electron chi connectivity index (χ4n) is 2.22. The van der Waals surface area contributed by atoms with E-state index >= 15 is 0 Å². The van der Waals surface area contributed by atoms with Crippen molar-refractivity contribution in [3.05, 3.63) is 24.4 Å². The van der Waals surface area contributed by atoms with Crippen LogP contribution in [-0.4, -0.2) is 29.1 Å². The van der Waals surface area contributed by atoms with Crippen LogP contribution in [0.4, 0.5) is 0 Å². The Morgan fingerprint density at radius 2 is 2.09 bits per heavy atom. The van der Waals surface area contributed by atoms with E-state index in [1.54, 1.807) is 6.07 Å².